The van der Waals surface area contributed by atoms with E-state index < -0.39 is 5.97 Å². The van der Waals surface area contributed by atoms with Gasteiger partial charge < -0.3 is 5.11 Å². The summed E-state index contributed by atoms with van der Waals surface area (Å²) in [5.41, 5.74) is 9.68. The molecule has 0 atom stereocenters. The summed E-state index contributed by atoms with van der Waals surface area (Å²) in [5, 5.41) is 9.51. The smallest absolute Gasteiger partial charge is 0.307 e. The van der Waals surface area contributed by atoms with Crippen LogP contribution >= 0.6 is 11.9 Å². The molecule has 0 spiro atoms. The molecular weight excluding hydrogens is 342 g/mol. The van der Waals surface area contributed by atoms with Crippen LogP contribution in [0.25, 0.3) is 11.1 Å². The molecule has 0 amide bonds. The number of hydrogen-bond acceptors (Lipinski definition) is 3. The van der Waals surface area contributed by atoms with Gasteiger partial charge in [-0.1, -0.05) is 43.1 Å². The minimum atomic E-state index is -0.763. The van der Waals surface area contributed by atoms with Gasteiger partial charge in [0, 0.05) is 13.1 Å². The van der Waals surface area contributed by atoms with Crippen molar-refractivity contribution in [1.29, 1.82) is 0 Å². The molecule has 4 heteroatoms. The third-order valence-corrected chi connectivity index (χ3v) is 6.41. The maximum absolute atomic E-state index is 11.6. The number of hydrogen-bond donors (Lipinski definition) is 1. The van der Waals surface area contributed by atoms with Gasteiger partial charge in [-0.05, 0) is 77.5 Å². The second-order valence-corrected chi connectivity index (χ2v) is 7.86. The molecule has 1 aliphatic heterocycles. The van der Waals surface area contributed by atoms with Gasteiger partial charge in [-0.25, -0.2) is 4.31 Å². The summed E-state index contributed by atoms with van der Waals surface area (Å²) >= 11 is 1.78. The van der Waals surface area contributed by atoms with Crippen LogP contribution in [0.3, 0.4) is 0 Å². The third kappa shape index (κ3) is 3.53. The quantitative estimate of drug-likeness (QED) is 0.769. The Morgan fingerprint density at radius 1 is 1.15 bits per heavy atom. The molecule has 1 heterocycles. The monoisotopic (exact) mass is 369 g/mol. The van der Waals surface area contributed by atoms with Crippen molar-refractivity contribution in [3.05, 3.63) is 57.6 Å². The number of nitrogens with zero attached hydrogens (tertiary/aromatic N) is 1. The van der Waals surface area contributed by atoms with Gasteiger partial charge in [0.25, 0.3) is 0 Å². The first-order valence-electron chi connectivity index (χ1n) is 9.20. The van der Waals surface area contributed by atoms with E-state index in [4.69, 9.17) is 0 Å². The van der Waals surface area contributed by atoms with E-state index in [9.17, 15) is 9.90 Å². The Bertz CT molecular complexity index is 827. The molecule has 0 saturated heterocycles. The Kier molecular flexibility index (Phi) is 5.73. The Labute approximate surface area is 160 Å². The highest BCUT2D eigenvalue weighted by Crippen LogP contribution is 2.38. The van der Waals surface area contributed by atoms with Crippen molar-refractivity contribution in [2.75, 3.05) is 12.8 Å². The van der Waals surface area contributed by atoms with E-state index in [1.54, 1.807) is 11.9 Å². The summed E-state index contributed by atoms with van der Waals surface area (Å²) < 4.78 is 2.38. The second-order valence-electron chi connectivity index (χ2n) is 6.98. The van der Waals surface area contributed by atoms with E-state index in [0.29, 0.717) is 0 Å². The Morgan fingerprint density at radius 3 is 2.42 bits per heavy atom. The first-order valence-corrected chi connectivity index (χ1v) is 10.4. The molecule has 0 unspecified atom stereocenters. The highest BCUT2D eigenvalue weighted by molar-refractivity contribution is 7.96. The van der Waals surface area contributed by atoms with Crippen molar-refractivity contribution >= 4 is 17.9 Å². The molecule has 1 N–H and O–H groups in total. The molecule has 2 aromatic rings. The summed E-state index contributed by atoms with van der Waals surface area (Å²) in [5.74, 6) is -0.763. The zero-order valence-corrected chi connectivity index (χ0v) is 16.9. The molecule has 26 heavy (non-hydrogen) atoms. The number of aryl methyl sites for hydroxylation is 1. The van der Waals surface area contributed by atoms with Crippen molar-refractivity contribution in [3.8, 4) is 11.1 Å². The van der Waals surface area contributed by atoms with Gasteiger partial charge in [-0.3, -0.25) is 4.79 Å². The summed E-state index contributed by atoms with van der Waals surface area (Å²) in [6, 6.07) is 8.60. The fourth-order valence-corrected chi connectivity index (χ4v) is 4.60. The minimum Gasteiger partial charge on any atom is -0.481 e. The number of benzene rings is 2. The van der Waals surface area contributed by atoms with Crippen LogP contribution in [0, 0.1) is 13.8 Å². The van der Waals surface area contributed by atoms with Gasteiger partial charge >= 0.3 is 5.97 Å². The van der Waals surface area contributed by atoms with Crippen molar-refractivity contribution in [2.24, 2.45) is 0 Å². The predicted molar refractivity (Wildman–Crippen MR) is 110 cm³/mol. The van der Waals surface area contributed by atoms with Crippen LogP contribution in [0.4, 0.5) is 0 Å². The number of fused-ring (bicyclic) bond motifs is 1. The standard InChI is InChI=1S/C22H27NO2S/c1-5-16-6-8-17(9-7-16)22-15(3)20-13-23(26-4)11-10-18(20)14(2)19(22)12-21(24)25/h6-9H,5,10-13H2,1-4H3,(H,24,25). The molecule has 0 aliphatic carbocycles. The largest absolute Gasteiger partial charge is 0.481 e. The van der Waals surface area contributed by atoms with Gasteiger partial charge in [0.15, 0.2) is 0 Å². The lowest BCUT2D eigenvalue weighted by Gasteiger charge is -2.32. The zero-order chi connectivity index (χ0) is 18.8. The van der Waals surface area contributed by atoms with E-state index in [1.165, 1.54) is 27.8 Å². The number of carboxylic acids is 1. The number of aliphatic carboxylic acids is 1. The SMILES string of the molecule is CCc1ccc(-c2c(C)c3c(c(C)c2CC(=O)O)CCN(SC)C3)cc1. The number of carboxylic acid groups (broad SMARTS) is 1. The minimum absolute atomic E-state index is 0.0804. The molecule has 0 bridgehead atoms. The molecule has 0 fully saturated rings. The van der Waals surface area contributed by atoms with Crippen LogP contribution in [0.5, 0.6) is 0 Å². The van der Waals surface area contributed by atoms with Gasteiger partial charge in [-0.15, -0.1) is 0 Å². The van der Waals surface area contributed by atoms with Gasteiger partial charge in [0.2, 0.25) is 0 Å². The van der Waals surface area contributed by atoms with E-state index in [-0.39, 0.29) is 6.42 Å². The molecule has 0 saturated carbocycles. The molecule has 1 aliphatic rings. The van der Waals surface area contributed by atoms with Crippen LogP contribution < -0.4 is 0 Å². The van der Waals surface area contributed by atoms with E-state index in [2.05, 4.69) is 55.6 Å². The molecule has 2 aromatic carbocycles. The van der Waals surface area contributed by atoms with Crippen LogP contribution in [0.15, 0.2) is 24.3 Å². The average molecular weight is 370 g/mol. The lowest BCUT2D eigenvalue weighted by molar-refractivity contribution is -0.136. The first kappa shape index (κ1) is 19.0. The molecule has 0 aromatic heterocycles. The lowest BCUT2D eigenvalue weighted by Crippen LogP contribution is -2.27. The van der Waals surface area contributed by atoms with Crippen molar-refractivity contribution in [3.63, 3.8) is 0 Å². The predicted octanol–water partition coefficient (Wildman–Crippen LogP) is 4.80. The first-order chi connectivity index (χ1) is 12.5. The molecule has 0 radical (unpaired) electrons. The van der Waals surface area contributed by atoms with Gasteiger partial charge in [0.1, 0.15) is 0 Å². The molecule has 3 nitrogen and oxygen atoms in total. The van der Waals surface area contributed by atoms with Gasteiger partial charge in [-0.2, -0.15) is 0 Å². The fraction of sp³-hybridized carbons (Fsp3) is 0.409. The molecule has 3 rings (SSSR count). The van der Waals surface area contributed by atoms with Crippen molar-refractivity contribution < 1.29 is 9.90 Å². The Balaban J connectivity index is 2.22. The summed E-state index contributed by atoms with van der Waals surface area (Å²) in [6.45, 7) is 8.37. The van der Waals surface area contributed by atoms with E-state index in [1.807, 2.05) is 0 Å². The van der Waals surface area contributed by atoms with Gasteiger partial charge in [0.05, 0.1) is 6.42 Å². The Hall–Kier alpha value is -1.78. The highest BCUT2D eigenvalue weighted by atomic mass is 32.2. The lowest BCUT2D eigenvalue weighted by atomic mass is 9.81. The van der Waals surface area contributed by atoms with E-state index >= 15 is 0 Å². The van der Waals surface area contributed by atoms with Crippen molar-refractivity contribution in [2.45, 2.75) is 46.6 Å². The molecule has 138 valence electrons. The topological polar surface area (TPSA) is 40.5 Å². The fourth-order valence-electron chi connectivity index (χ4n) is 4.07. The summed E-state index contributed by atoms with van der Waals surface area (Å²) in [6.07, 6.45) is 4.20. The Morgan fingerprint density at radius 2 is 1.85 bits per heavy atom. The third-order valence-electron chi connectivity index (χ3n) is 5.58. The summed E-state index contributed by atoms with van der Waals surface area (Å²) in [7, 11) is 0. The van der Waals surface area contributed by atoms with Crippen LogP contribution in [-0.2, 0) is 30.6 Å². The van der Waals surface area contributed by atoms with Crippen molar-refractivity contribution in [1.82, 2.24) is 4.31 Å². The van der Waals surface area contributed by atoms with E-state index in [0.717, 1.165) is 42.6 Å². The number of rotatable bonds is 5. The highest BCUT2D eigenvalue weighted by Gasteiger charge is 2.25. The number of carbonyl (C=O) groups is 1. The maximum Gasteiger partial charge on any atom is 0.307 e. The molecular formula is C22H27NO2S. The summed E-state index contributed by atoms with van der Waals surface area (Å²) in [4.78, 5) is 11.6. The second kappa shape index (κ2) is 7.85. The zero-order valence-electron chi connectivity index (χ0n) is 16.1. The maximum atomic E-state index is 11.6. The van der Waals surface area contributed by atoms with Crippen LogP contribution in [0.2, 0.25) is 0 Å². The normalized spacial score (nSPS) is 14.3. The average Bonchev–Trinajstić information content (AvgIpc) is 2.65. The van der Waals surface area contributed by atoms with Crippen LogP contribution in [-0.4, -0.2) is 28.2 Å². The van der Waals surface area contributed by atoms with Crippen LogP contribution in [0.1, 0.15) is 40.3 Å².